The number of hydrogen-bond acceptors (Lipinski definition) is 3. The molecule has 0 aliphatic rings. The van der Waals surface area contributed by atoms with E-state index in [2.05, 4.69) is 44.8 Å². The molecule has 2 N–H and O–H groups in total. The second-order valence-corrected chi connectivity index (χ2v) is 5.65. The average molecular weight is 258 g/mol. The van der Waals surface area contributed by atoms with Gasteiger partial charge in [0, 0.05) is 18.1 Å². The lowest BCUT2D eigenvalue weighted by molar-refractivity contribution is 0.130. The van der Waals surface area contributed by atoms with Crippen LogP contribution >= 0.6 is 0 Å². The van der Waals surface area contributed by atoms with Crippen molar-refractivity contribution in [3.63, 3.8) is 0 Å². The van der Waals surface area contributed by atoms with Crippen LogP contribution in [0.3, 0.4) is 0 Å². The summed E-state index contributed by atoms with van der Waals surface area (Å²) in [5.74, 6) is 0. The van der Waals surface area contributed by atoms with Crippen molar-refractivity contribution >= 4 is 0 Å². The van der Waals surface area contributed by atoms with Crippen LogP contribution in [0.15, 0.2) is 0 Å². The predicted molar refractivity (Wildman–Crippen MR) is 80.0 cm³/mol. The van der Waals surface area contributed by atoms with E-state index in [0.29, 0.717) is 6.04 Å². The molecule has 0 rings (SSSR count). The molecule has 18 heavy (non-hydrogen) atoms. The van der Waals surface area contributed by atoms with Gasteiger partial charge >= 0.3 is 0 Å². The van der Waals surface area contributed by atoms with Crippen LogP contribution in [0.25, 0.3) is 0 Å². The number of nitrogens with one attached hydrogen (secondary N) is 1. The fraction of sp³-hybridized carbons (Fsp3) is 1.00. The summed E-state index contributed by atoms with van der Waals surface area (Å²) in [7, 11) is 0. The van der Waals surface area contributed by atoms with Gasteiger partial charge in [-0.25, -0.2) is 0 Å². The van der Waals surface area contributed by atoms with Crippen molar-refractivity contribution in [2.45, 2.75) is 71.9 Å². The van der Waals surface area contributed by atoms with E-state index in [1.54, 1.807) is 0 Å². The third-order valence-electron chi connectivity index (χ3n) is 3.92. The zero-order valence-corrected chi connectivity index (χ0v) is 13.1. The molecule has 0 aromatic heterocycles. The Morgan fingerprint density at radius 3 is 2.33 bits per heavy atom. The highest BCUT2D eigenvalue weighted by Gasteiger charge is 2.23. The first-order valence-corrected chi connectivity index (χ1v) is 7.62. The highest BCUT2D eigenvalue weighted by atomic mass is 16.3. The summed E-state index contributed by atoms with van der Waals surface area (Å²) in [6, 6.07) is 0.640. The molecule has 0 amide bonds. The summed E-state index contributed by atoms with van der Waals surface area (Å²) in [4.78, 5) is 2.56. The van der Waals surface area contributed by atoms with Gasteiger partial charge in [0.25, 0.3) is 0 Å². The van der Waals surface area contributed by atoms with Gasteiger partial charge in [0.2, 0.25) is 0 Å². The smallest absolute Gasteiger partial charge is 0.0611 e. The summed E-state index contributed by atoms with van der Waals surface area (Å²) in [6.07, 6.45) is 4.71. The summed E-state index contributed by atoms with van der Waals surface area (Å²) in [5.41, 5.74) is -0.132. The lowest BCUT2D eigenvalue weighted by Gasteiger charge is -2.34. The van der Waals surface area contributed by atoms with Gasteiger partial charge in [-0.1, -0.05) is 27.2 Å². The van der Waals surface area contributed by atoms with Gasteiger partial charge in [-0.2, -0.15) is 0 Å². The van der Waals surface area contributed by atoms with Crippen molar-refractivity contribution in [3.8, 4) is 0 Å². The first-order valence-electron chi connectivity index (χ1n) is 7.62. The Morgan fingerprint density at radius 1 is 1.22 bits per heavy atom. The fourth-order valence-corrected chi connectivity index (χ4v) is 2.21. The van der Waals surface area contributed by atoms with E-state index in [1.165, 1.54) is 25.8 Å². The molecule has 0 heterocycles. The minimum Gasteiger partial charge on any atom is -0.394 e. The van der Waals surface area contributed by atoms with Gasteiger partial charge in [0.15, 0.2) is 0 Å². The van der Waals surface area contributed by atoms with Gasteiger partial charge < -0.3 is 15.3 Å². The van der Waals surface area contributed by atoms with Crippen molar-refractivity contribution in [1.29, 1.82) is 0 Å². The normalized spacial score (nSPS) is 16.8. The maximum atomic E-state index is 9.52. The van der Waals surface area contributed by atoms with E-state index >= 15 is 0 Å². The molecule has 0 spiro atoms. The molecular weight excluding hydrogens is 224 g/mol. The number of aliphatic hydroxyl groups excluding tert-OH is 1. The molecule has 0 aliphatic heterocycles. The molecule has 0 radical (unpaired) electrons. The third kappa shape index (κ3) is 6.72. The molecule has 0 saturated heterocycles. The van der Waals surface area contributed by atoms with Crippen LogP contribution < -0.4 is 5.32 Å². The summed E-state index contributed by atoms with van der Waals surface area (Å²) in [5, 5.41) is 12.9. The second kappa shape index (κ2) is 9.76. The largest absolute Gasteiger partial charge is 0.394 e. The van der Waals surface area contributed by atoms with Gasteiger partial charge in [0.05, 0.1) is 6.61 Å². The molecule has 0 bridgehead atoms. The van der Waals surface area contributed by atoms with Crippen LogP contribution in [0, 0.1) is 0 Å². The van der Waals surface area contributed by atoms with Crippen molar-refractivity contribution in [2.24, 2.45) is 0 Å². The van der Waals surface area contributed by atoms with E-state index in [0.717, 1.165) is 19.5 Å². The Hall–Kier alpha value is -0.120. The predicted octanol–water partition coefficient (Wildman–Crippen LogP) is 2.64. The molecule has 3 heteroatoms. The highest BCUT2D eigenvalue weighted by molar-refractivity contribution is 4.83. The molecular formula is C15H34N2O. The van der Waals surface area contributed by atoms with E-state index < -0.39 is 0 Å². The summed E-state index contributed by atoms with van der Waals surface area (Å²) in [6.45, 7) is 14.4. The topological polar surface area (TPSA) is 35.5 Å². The van der Waals surface area contributed by atoms with Crippen LogP contribution in [-0.2, 0) is 0 Å². The standard InChI is InChI=1S/C15H34N2O/c1-6-9-11-17(14(4)7-2)12-10-15(5,13-18)16-8-3/h14,16,18H,6-13H2,1-5H3. The average Bonchev–Trinajstić information content (AvgIpc) is 2.38. The van der Waals surface area contributed by atoms with E-state index in [9.17, 15) is 5.11 Å². The SMILES string of the molecule is CCCCN(CCC(C)(CO)NCC)C(C)CC. The molecule has 2 atom stereocenters. The Morgan fingerprint density at radius 2 is 1.89 bits per heavy atom. The minimum absolute atomic E-state index is 0.132. The molecule has 0 aromatic carbocycles. The molecule has 0 fully saturated rings. The first kappa shape index (κ1) is 17.9. The van der Waals surface area contributed by atoms with E-state index in [4.69, 9.17) is 0 Å². The molecule has 3 nitrogen and oxygen atoms in total. The Balaban J connectivity index is 4.30. The highest BCUT2D eigenvalue weighted by Crippen LogP contribution is 2.13. The number of likely N-dealkylation sites (N-methyl/N-ethyl adjacent to an activating group) is 1. The Labute approximate surface area is 114 Å². The quantitative estimate of drug-likeness (QED) is 0.598. The first-order chi connectivity index (χ1) is 8.52. The van der Waals surface area contributed by atoms with Crippen LogP contribution in [0.2, 0.25) is 0 Å². The van der Waals surface area contributed by atoms with Gasteiger partial charge in [-0.3, -0.25) is 0 Å². The Kier molecular flexibility index (Phi) is 9.70. The lowest BCUT2D eigenvalue weighted by atomic mass is 9.98. The molecule has 0 saturated carbocycles. The van der Waals surface area contributed by atoms with Crippen molar-refractivity contribution in [3.05, 3.63) is 0 Å². The maximum absolute atomic E-state index is 9.52. The number of nitrogens with zero attached hydrogens (tertiary/aromatic N) is 1. The molecule has 110 valence electrons. The molecule has 0 aromatic rings. The lowest BCUT2D eigenvalue weighted by Crippen LogP contribution is -2.48. The number of rotatable bonds is 11. The van der Waals surface area contributed by atoms with Crippen molar-refractivity contribution in [1.82, 2.24) is 10.2 Å². The van der Waals surface area contributed by atoms with Gasteiger partial charge in [-0.15, -0.1) is 0 Å². The van der Waals surface area contributed by atoms with Crippen molar-refractivity contribution < 1.29 is 5.11 Å². The van der Waals surface area contributed by atoms with E-state index in [1.807, 2.05) is 0 Å². The van der Waals surface area contributed by atoms with Crippen LogP contribution in [0.4, 0.5) is 0 Å². The Bertz CT molecular complexity index is 199. The zero-order valence-electron chi connectivity index (χ0n) is 13.1. The van der Waals surface area contributed by atoms with E-state index in [-0.39, 0.29) is 12.1 Å². The molecule has 2 unspecified atom stereocenters. The minimum atomic E-state index is -0.132. The monoisotopic (exact) mass is 258 g/mol. The second-order valence-electron chi connectivity index (χ2n) is 5.65. The molecule has 0 aliphatic carbocycles. The van der Waals surface area contributed by atoms with Crippen LogP contribution in [0.5, 0.6) is 0 Å². The van der Waals surface area contributed by atoms with Crippen LogP contribution in [-0.4, -0.2) is 47.8 Å². The van der Waals surface area contributed by atoms with Crippen molar-refractivity contribution in [2.75, 3.05) is 26.2 Å². The zero-order chi connectivity index (χ0) is 14.0. The van der Waals surface area contributed by atoms with Gasteiger partial charge in [-0.05, 0) is 46.2 Å². The third-order valence-corrected chi connectivity index (χ3v) is 3.92. The number of aliphatic hydroxyl groups is 1. The maximum Gasteiger partial charge on any atom is 0.0611 e. The fourth-order valence-electron chi connectivity index (χ4n) is 2.21. The van der Waals surface area contributed by atoms with Crippen LogP contribution in [0.1, 0.15) is 60.3 Å². The number of unbranched alkanes of at least 4 members (excludes halogenated alkanes) is 1. The van der Waals surface area contributed by atoms with Gasteiger partial charge in [0.1, 0.15) is 0 Å². The summed E-state index contributed by atoms with van der Waals surface area (Å²) >= 11 is 0. The summed E-state index contributed by atoms with van der Waals surface area (Å²) < 4.78 is 0. The number of hydrogen-bond donors (Lipinski definition) is 2.